The van der Waals surface area contributed by atoms with E-state index in [9.17, 15) is 53.4 Å². The van der Waals surface area contributed by atoms with Gasteiger partial charge in [-0.15, -0.1) is 0 Å². The SMILES string of the molecule is C=C1C(=O)NC(CC(C)C)C(=O)N[C@@H](C[C@@H](C)CC)C(=O)N[C@@H](C(=O)O)[C@H](C)C(=O)N[C@@H](CCCN=C(N)N)C(=O)NC(/C=C/C(C)=C/[C@H](C)[C@H](Cc2ccccc2)OC)[C@H](C)C(=O)NC(C(=O)O)CCC(=O)N1C. The largest absolute Gasteiger partial charge is 0.480 e. The van der Waals surface area contributed by atoms with Crippen LogP contribution < -0.4 is 43.4 Å². The lowest BCUT2D eigenvalue weighted by Gasteiger charge is -2.29. The lowest BCUT2D eigenvalue weighted by Crippen LogP contribution is -2.59. The predicted octanol–water partition coefficient (Wildman–Crippen LogP) is 2.03. The molecule has 3 unspecified atom stereocenters. The molecular weight excluding hydrogens is 969 g/mol. The summed E-state index contributed by atoms with van der Waals surface area (Å²) < 4.78 is 5.83. The van der Waals surface area contributed by atoms with Crippen LogP contribution in [0.3, 0.4) is 0 Å². The number of allylic oxidation sites excluding steroid dienone is 2. The molecule has 0 saturated carbocycles. The van der Waals surface area contributed by atoms with Crippen LogP contribution in [0.1, 0.15) is 106 Å². The summed E-state index contributed by atoms with van der Waals surface area (Å²) in [6.07, 6.45) is 5.30. The standard InChI is InChI=1S/C53H82N10O12/c1-12-30(4)27-41-50(70)62-44(52(73)74)34(8)46(66)58-38(19-16-24-56-53(54)55)48(68)57-37(21-20-31(5)26-32(6)42(75-11)28-36-17-14-13-15-18-36)33(7)45(65)59-39(51(71)72)22-23-43(64)63(10)35(9)47(67)60-40(25-29(2)3)49(69)61-41/h13-15,17-18,20-21,26,29-30,32-34,37-42,44H,9,12,16,19,22-25,27-28H2,1-8,10-11H3,(H,57,68)(H,58,66)(H,59,65)(H,60,67)(H,61,69)(H,62,70)(H,71,72)(H,73,74)(H4,54,55,56)/b21-20+,31-26+/t30-,32-,33-,34-,37?,38-,39?,40?,41-,42-,44+/m0/s1. The first-order valence-electron chi connectivity index (χ1n) is 25.4. The molecule has 22 nitrogen and oxygen atoms in total. The third-order valence-corrected chi connectivity index (χ3v) is 13.2. The summed E-state index contributed by atoms with van der Waals surface area (Å²) >= 11 is 0. The Morgan fingerprint density at radius 3 is 1.99 bits per heavy atom. The van der Waals surface area contributed by atoms with Gasteiger partial charge < -0.3 is 63.2 Å². The van der Waals surface area contributed by atoms with Crippen molar-refractivity contribution < 1.29 is 58.1 Å². The fourth-order valence-electron chi connectivity index (χ4n) is 8.13. The van der Waals surface area contributed by atoms with Gasteiger partial charge in [0.05, 0.1) is 24.0 Å². The number of carboxylic acid groups (broad SMARTS) is 2. The van der Waals surface area contributed by atoms with E-state index in [1.165, 1.54) is 27.0 Å². The van der Waals surface area contributed by atoms with Crippen LogP contribution in [-0.2, 0) is 54.3 Å². The highest BCUT2D eigenvalue weighted by Gasteiger charge is 2.38. The maximum Gasteiger partial charge on any atom is 0.327 e. The number of hydrogen-bond acceptors (Lipinski definition) is 11. The zero-order valence-electron chi connectivity index (χ0n) is 45.1. The van der Waals surface area contributed by atoms with E-state index in [2.05, 4.69) is 43.5 Å². The molecule has 22 heteroatoms. The van der Waals surface area contributed by atoms with Crippen molar-refractivity contribution in [2.75, 3.05) is 20.7 Å². The summed E-state index contributed by atoms with van der Waals surface area (Å²) in [4.78, 5) is 128. The van der Waals surface area contributed by atoms with Crippen LogP contribution in [0.2, 0.25) is 0 Å². The van der Waals surface area contributed by atoms with Gasteiger partial charge in [0.1, 0.15) is 35.9 Å². The second kappa shape index (κ2) is 31.6. The molecule has 0 aliphatic carbocycles. The number of ether oxygens (including phenoxy) is 1. The van der Waals surface area contributed by atoms with E-state index in [1.807, 2.05) is 57.2 Å². The number of guanidine groups is 1. The third kappa shape index (κ3) is 21.7. The first-order valence-corrected chi connectivity index (χ1v) is 25.4. The molecule has 0 radical (unpaired) electrons. The lowest BCUT2D eigenvalue weighted by molar-refractivity contribution is -0.146. The molecule has 1 fully saturated rings. The number of amides is 7. The van der Waals surface area contributed by atoms with Gasteiger partial charge in [0.2, 0.25) is 35.4 Å². The van der Waals surface area contributed by atoms with E-state index in [0.29, 0.717) is 18.4 Å². The second-order valence-corrected chi connectivity index (χ2v) is 19.8. The Kier molecular flexibility index (Phi) is 27.0. The number of aliphatic carboxylic acids is 2. The van der Waals surface area contributed by atoms with Crippen molar-refractivity contribution in [3.05, 3.63) is 72.0 Å². The number of carbonyl (C=O) groups is 9. The Hall–Kier alpha value is -7.10. The summed E-state index contributed by atoms with van der Waals surface area (Å²) in [5.74, 6) is -12.6. The summed E-state index contributed by atoms with van der Waals surface area (Å²) in [6.45, 7) is 17.4. The average molecular weight is 1050 g/mol. The van der Waals surface area contributed by atoms with Gasteiger partial charge in [0.15, 0.2) is 5.96 Å². The van der Waals surface area contributed by atoms with Gasteiger partial charge in [0, 0.05) is 33.0 Å². The number of nitrogens with one attached hydrogen (secondary N) is 6. The van der Waals surface area contributed by atoms with Gasteiger partial charge in [-0.3, -0.25) is 38.6 Å². The zero-order chi connectivity index (χ0) is 56.7. The van der Waals surface area contributed by atoms with Crippen molar-refractivity contribution in [2.24, 2.45) is 46.0 Å². The van der Waals surface area contributed by atoms with Gasteiger partial charge in [-0.1, -0.05) is 116 Å². The number of hydrogen-bond donors (Lipinski definition) is 10. The van der Waals surface area contributed by atoms with Crippen LogP contribution in [0.5, 0.6) is 0 Å². The van der Waals surface area contributed by atoms with Crippen LogP contribution in [0.15, 0.2) is 71.4 Å². The fourth-order valence-corrected chi connectivity index (χ4v) is 8.13. The van der Waals surface area contributed by atoms with Gasteiger partial charge in [-0.05, 0) is 62.8 Å². The molecule has 12 N–H and O–H groups in total. The van der Waals surface area contributed by atoms with E-state index in [-0.39, 0.29) is 62.0 Å². The third-order valence-electron chi connectivity index (χ3n) is 13.2. The van der Waals surface area contributed by atoms with Gasteiger partial charge >= 0.3 is 11.9 Å². The summed E-state index contributed by atoms with van der Waals surface area (Å²) in [6, 6.07) is 1.03. The van der Waals surface area contributed by atoms with Crippen molar-refractivity contribution in [1.29, 1.82) is 0 Å². The van der Waals surface area contributed by atoms with Crippen LogP contribution in [0.4, 0.5) is 0 Å². The number of rotatable bonds is 18. The van der Waals surface area contributed by atoms with Crippen molar-refractivity contribution in [3.8, 4) is 0 Å². The number of methoxy groups -OCH3 is 1. The molecule has 1 saturated heterocycles. The monoisotopic (exact) mass is 1050 g/mol. The molecule has 0 bridgehead atoms. The van der Waals surface area contributed by atoms with Crippen LogP contribution in [0.25, 0.3) is 0 Å². The number of benzene rings is 1. The number of carboxylic acids is 2. The molecule has 11 atom stereocenters. The Labute approximate surface area is 440 Å². The molecule has 416 valence electrons. The van der Waals surface area contributed by atoms with E-state index in [0.717, 1.165) is 10.5 Å². The molecular formula is C53H82N10O12. The average Bonchev–Trinajstić information content (AvgIpc) is 3.35. The van der Waals surface area contributed by atoms with E-state index < -0.39 is 120 Å². The number of nitrogens with two attached hydrogens (primary N) is 2. The minimum absolute atomic E-state index is 0.0242. The Bertz CT molecular complexity index is 2250. The van der Waals surface area contributed by atoms with Crippen LogP contribution in [-0.4, -0.2) is 137 Å². The van der Waals surface area contributed by atoms with Gasteiger partial charge in [-0.2, -0.15) is 0 Å². The molecule has 1 aromatic carbocycles. The molecule has 7 amide bonds. The maximum atomic E-state index is 14.5. The molecule has 2 rings (SSSR count). The zero-order valence-corrected chi connectivity index (χ0v) is 45.1. The van der Waals surface area contributed by atoms with E-state index in [1.54, 1.807) is 34.0 Å². The van der Waals surface area contributed by atoms with E-state index >= 15 is 0 Å². The first-order chi connectivity index (χ1) is 35.2. The predicted molar refractivity (Wildman–Crippen MR) is 283 cm³/mol. The number of nitrogens with zero attached hydrogens (tertiary/aromatic N) is 2. The summed E-state index contributed by atoms with van der Waals surface area (Å²) in [5.41, 5.74) is 12.5. The summed E-state index contributed by atoms with van der Waals surface area (Å²) in [7, 11) is 2.85. The van der Waals surface area contributed by atoms with Crippen molar-refractivity contribution in [3.63, 3.8) is 0 Å². The molecule has 1 aliphatic rings. The van der Waals surface area contributed by atoms with Gasteiger partial charge in [0.25, 0.3) is 5.91 Å². The number of aliphatic imine (C=N–C) groups is 1. The smallest absolute Gasteiger partial charge is 0.327 e. The van der Waals surface area contributed by atoms with Crippen molar-refractivity contribution in [1.82, 2.24) is 36.8 Å². The number of carbonyl (C=O) groups excluding carboxylic acids is 7. The molecule has 1 heterocycles. The topological polar surface area (TPSA) is 343 Å². The molecule has 1 aromatic rings. The minimum Gasteiger partial charge on any atom is -0.480 e. The summed E-state index contributed by atoms with van der Waals surface area (Å²) in [5, 5.41) is 36.2. The van der Waals surface area contributed by atoms with Crippen LogP contribution in [0, 0.1) is 29.6 Å². The van der Waals surface area contributed by atoms with Gasteiger partial charge in [-0.25, -0.2) is 9.59 Å². The van der Waals surface area contributed by atoms with Crippen molar-refractivity contribution >= 4 is 59.2 Å². The maximum absolute atomic E-state index is 14.5. The van der Waals surface area contributed by atoms with Crippen LogP contribution >= 0.6 is 0 Å². The fraction of sp³-hybridized carbons (Fsp3) is 0.585. The minimum atomic E-state index is -1.89. The second-order valence-electron chi connectivity index (χ2n) is 19.8. The van der Waals surface area contributed by atoms with E-state index in [4.69, 9.17) is 16.2 Å². The Balaban J connectivity index is 2.79. The highest BCUT2D eigenvalue weighted by molar-refractivity contribution is 6.00. The lowest BCUT2D eigenvalue weighted by atomic mass is 9.94. The first kappa shape index (κ1) is 64.0. The molecule has 0 spiro atoms. The Morgan fingerprint density at radius 1 is 0.827 bits per heavy atom. The normalized spacial score (nSPS) is 25.1. The highest BCUT2D eigenvalue weighted by atomic mass is 16.5. The number of likely N-dealkylation sites (N-methyl/N-ethyl adjacent to an activating group) is 1. The Morgan fingerprint density at radius 2 is 1.41 bits per heavy atom. The highest BCUT2D eigenvalue weighted by Crippen LogP contribution is 2.20. The molecule has 1 aliphatic heterocycles. The quantitative estimate of drug-likeness (QED) is 0.0331. The molecule has 0 aromatic heterocycles. The van der Waals surface area contributed by atoms with Crippen molar-refractivity contribution in [2.45, 2.75) is 149 Å². The molecule has 75 heavy (non-hydrogen) atoms.